The average molecular weight is 667 g/mol. The zero-order valence-electron chi connectivity index (χ0n) is 28.4. The Kier molecular flexibility index (Phi) is 21.2. The topological polar surface area (TPSA) is 159 Å². The molecule has 0 aliphatic rings. The van der Waals surface area contributed by atoms with Gasteiger partial charge in [-0.2, -0.15) is 0 Å². The fraction of sp³-hybridized carbons (Fsp3) is 0.500. The molecular formula is C36H54N6O6. The molecular weight excluding hydrogens is 612 g/mol. The molecule has 12 heteroatoms. The number of carbonyl (C=O) groups excluding carboxylic acids is 4. The molecule has 0 saturated carbocycles. The predicted octanol–water partition coefficient (Wildman–Crippen LogP) is 3.92. The minimum absolute atomic E-state index is 0.0669. The third-order valence-corrected chi connectivity index (χ3v) is 7.07. The summed E-state index contributed by atoms with van der Waals surface area (Å²) in [5.74, 6) is -0.694. The normalized spacial score (nSPS) is 12.1. The Labute approximate surface area is 285 Å². The molecule has 2 aromatic carbocycles. The van der Waals surface area contributed by atoms with Gasteiger partial charge >= 0.3 is 12.2 Å². The molecule has 2 rings (SSSR count). The number of nitrogens with one attached hydrogen (secondary N) is 6. The van der Waals surface area contributed by atoms with Gasteiger partial charge in [0.15, 0.2) is 0 Å². The van der Waals surface area contributed by atoms with E-state index in [4.69, 9.17) is 9.47 Å². The van der Waals surface area contributed by atoms with E-state index in [0.29, 0.717) is 13.1 Å². The van der Waals surface area contributed by atoms with Gasteiger partial charge in [0.05, 0.1) is 0 Å². The highest BCUT2D eigenvalue weighted by molar-refractivity contribution is 5.86. The highest BCUT2D eigenvalue weighted by Crippen LogP contribution is 2.05. The quantitative estimate of drug-likeness (QED) is 0.0727. The summed E-state index contributed by atoms with van der Waals surface area (Å²) in [4.78, 5) is 51.3. The lowest BCUT2D eigenvalue weighted by Gasteiger charge is -2.18. The van der Waals surface area contributed by atoms with Crippen molar-refractivity contribution in [2.24, 2.45) is 0 Å². The van der Waals surface area contributed by atoms with Crippen molar-refractivity contribution < 1.29 is 28.7 Å². The van der Waals surface area contributed by atoms with Crippen LogP contribution < -0.4 is 31.9 Å². The minimum Gasteiger partial charge on any atom is -0.445 e. The Morgan fingerprint density at radius 3 is 1.35 bits per heavy atom. The van der Waals surface area contributed by atoms with E-state index in [0.717, 1.165) is 63.0 Å². The number of ether oxygens (including phenoxy) is 2. The van der Waals surface area contributed by atoms with E-state index >= 15 is 0 Å². The number of carbonyl (C=O) groups is 4. The maximum absolute atomic E-state index is 13.0. The molecule has 0 aliphatic heterocycles. The Hall–Kier alpha value is -4.42. The molecule has 12 nitrogen and oxygen atoms in total. The Balaban J connectivity index is 1.99. The zero-order chi connectivity index (χ0) is 34.7. The van der Waals surface area contributed by atoms with Crippen molar-refractivity contribution in [3.63, 3.8) is 0 Å². The van der Waals surface area contributed by atoms with Crippen LogP contribution in [-0.2, 0) is 32.3 Å². The maximum atomic E-state index is 13.0. The molecule has 2 aromatic rings. The molecule has 0 unspecified atom stereocenters. The van der Waals surface area contributed by atoms with Crippen molar-refractivity contribution in [2.75, 3.05) is 39.3 Å². The van der Waals surface area contributed by atoms with Gasteiger partial charge in [0, 0.05) is 13.1 Å². The molecule has 0 saturated heterocycles. The van der Waals surface area contributed by atoms with E-state index < -0.39 is 24.3 Å². The van der Waals surface area contributed by atoms with E-state index in [1.165, 1.54) is 0 Å². The fourth-order valence-corrected chi connectivity index (χ4v) is 4.44. The summed E-state index contributed by atoms with van der Waals surface area (Å²) in [6.07, 6.45) is 5.81. The van der Waals surface area contributed by atoms with Crippen molar-refractivity contribution in [3.05, 3.63) is 83.9 Å². The number of rotatable bonds is 24. The molecule has 0 aliphatic carbocycles. The summed E-state index contributed by atoms with van der Waals surface area (Å²) in [6.45, 7) is 8.56. The summed E-state index contributed by atoms with van der Waals surface area (Å²) < 4.78 is 10.7. The fourth-order valence-electron chi connectivity index (χ4n) is 4.44. The first-order valence-electron chi connectivity index (χ1n) is 17.0. The van der Waals surface area contributed by atoms with E-state index in [9.17, 15) is 19.2 Å². The first-order valence-corrected chi connectivity index (χ1v) is 17.0. The van der Waals surface area contributed by atoms with Crippen LogP contribution in [0, 0.1) is 0 Å². The van der Waals surface area contributed by atoms with Gasteiger partial charge in [-0.05, 0) is 75.8 Å². The third-order valence-electron chi connectivity index (χ3n) is 7.07. The molecule has 6 N–H and O–H groups in total. The average Bonchev–Trinajstić information content (AvgIpc) is 3.10. The monoisotopic (exact) mass is 666 g/mol. The van der Waals surface area contributed by atoms with E-state index in [2.05, 4.69) is 45.7 Å². The second-order valence-electron chi connectivity index (χ2n) is 11.2. The van der Waals surface area contributed by atoms with Crippen molar-refractivity contribution in [3.8, 4) is 0 Å². The molecule has 0 aromatic heterocycles. The largest absolute Gasteiger partial charge is 0.445 e. The zero-order valence-corrected chi connectivity index (χ0v) is 28.4. The third kappa shape index (κ3) is 18.7. The molecule has 4 amide bonds. The summed E-state index contributed by atoms with van der Waals surface area (Å²) >= 11 is 0. The Morgan fingerprint density at radius 1 is 0.583 bits per heavy atom. The lowest BCUT2D eigenvalue weighted by Crippen LogP contribution is -2.47. The molecule has 0 bridgehead atoms. The minimum atomic E-state index is -0.903. The molecule has 48 heavy (non-hydrogen) atoms. The van der Waals surface area contributed by atoms with Gasteiger partial charge in [0.2, 0.25) is 11.8 Å². The molecule has 0 heterocycles. The van der Waals surface area contributed by atoms with Crippen molar-refractivity contribution in [1.29, 1.82) is 0 Å². The lowest BCUT2D eigenvalue weighted by atomic mass is 10.1. The molecule has 264 valence electrons. The van der Waals surface area contributed by atoms with Crippen LogP contribution in [0.2, 0.25) is 0 Å². The number of amides is 4. The van der Waals surface area contributed by atoms with Crippen LogP contribution in [0.25, 0.3) is 0 Å². The van der Waals surface area contributed by atoms with E-state index in [-0.39, 0.29) is 37.9 Å². The summed E-state index contributed by atoms with van der Waals surface area (Å²) in [6, 6.07) is 16.7. The van der Waals surface area contributed by atoms with Crippen LogP contribution in [0.4, 0.5) is 9.59 Å². The van der Waals surface area contributed by atoms with Crippen LogP contribution in [-0.4, -0.2) is 75.4 Å². The second kappa shape index (κ2) is 25.6. The molecule has 2 atom stereocenters. The van der Waals surface area contributed by atoms with Crippen molar-refractivity contribution in [1.82, 2.24) is 31.9 Å². The maximum Gasteiger partial charge on any atom is 0.408 e. The van der Waals surface area contributed by atoms with Crippen molar-refractivity contribution >= 4 is 24.0 Å². The number of hydrogen-bond donors (Lipinski definition) is 6. The second-order valence-corrected chi connectivity index (χ2v) is 11.2. The number of hydrogen-bond acceptors (Lipinski definition) is 8. The summed E-state index contributed by atoms with van der Waals surface area (Å²) in [5.41, 5.74) is 1.65. The summed E-state index contributed by atoms with van der Waals surface area (Å²) in [7, 11) is 0. The molecule has 0 fully saturated rings. The lowest BCUT2D eigenvalue weighted by molar-refractivity contribution is -0.123. The smallest absolute Gasteiger partial charge is 0.408 e. The van der Waals surface area contributed by atoms with E-state index in [1.807, 2.05) is 60.7 Å². The van der Waals surface area contributed by atoms with Gasteiger partial charge in [-0.1, -0.05) is 86.7 Å². The standard InChI is InChI=1S/C36H54N6O6/c1-3-21-37-23-13-25-39-33(43)31(41-35(45)47-27-29-15-7-5-8-16-29)19-11-12-20-32(34(44)40-26-14-24-38-22-4-2)42-36(46)48-28-30-17-9-6-10-18-30/h5-12,15-18,31-32,37-38H,3-4,13-14,19-28H2,1-2H3,(H,39,43)(H,40,44)(H,41,45)(H,42,46)/b12-11+/t31-,32-/m0/s1. The molecule has 0 radical (unpaired) electrons. The highest BCUT2D eigenvalue weighted by atomic mass is 16.6. The number of alkyl carbamates (subject to hydrolysis) is 2. The first-order chi connectivity index (χ1) is 23.4. The van der Waals surface area contributed by atoms with Gasteiger partial charge < -0.3 is 41.4 Å². The predicted molar refractivity (Wildman–Crippen MR) is 187 cm³/mol. The van der Waals surface area contributed by atoms with Crippen LogP contribution in [0.15, 0.2) is 72.8 Å². The van der Waals surface area contributed by atoms with E-state index in [1.54, 1.807) is 12.2 Å². The molecule has 0 spiro atoms. The van der Waals surface area contributed by atoms with Crippen LogP contribution in [0.3, 0.4) is 0 Å². The van der Waals surface area contributed by atoms with Gasteiger partial charge in [-0.15, -0.1) is 0 Å². The van der Waals surface area contributed by atoms with Crippen LogP contribution >= 0.6 is 0 Å². The first kappa shape index (κ1) is 39.8. The Bertz CT molecular complexity index is 1120. The van der Waals surface area contributed by atoms with Crippen LogP contribution in [0.1, 0.15) is 63.5 Å². The number of benzene rings is 2. The Morgan fingerprint density at radius 2 is 0.979 bits per heavy atom. The SMILES string of the molecule is CCCNCCCNC(=O)[C@H](C/C=C/C[C@H](NC(=O)OCc1ccccc1)C(=O)NCCCNCCC)NC(=O)OCc1ccccc1. The van der Waals surface area contributed by atoms with Gasteiger partial charge in [0.25, 0.3) is 0 Å². The van der Waals surface area contributed by atoms with Gasteiger partial charge in [-0.25, -0.2) is 9.59 Å². The van der Waals surface area contributed by atoms with Gasteiger partial charge in [-0.3, -0.25) is 9.59 Å². The van der Waals surface area contributed by atoms with Crippen LogP contribution in [0.5, 0.6) is 0 Å². The summed E-state index contributed by atoms with van der Waals surface area (Å²) in [5, 5.41) is 17.6. The van der Waals surface area contributed by atoms with Crippen molar-refractivity contribution in [2.45, 2.75) is 77.7 Å². The van der Waals surface area contributed by atoms with Gasteiger partial charge in [0.1, 0.15) is 25.3 Å². The highest BCUT2D eigenvalue weighted by Gasteiger charge is 2.22.